The number of hydrogen-bond donors (Lipinski definition) is 0. The highest BCUT2D eigenvalue weighted by Crippen LogP contribution is 2.32. The van der Waals surface area contributed by atoms with Crippen LogP contribution in [0.15, 0.2) is 121 Å². The van der Waals surface area contributed by atoms with E-state index in [4.69, 9.17) is 28.4 Å². The Balaban J connectivity index is 1.43. The van der Waals surface area contributed by atoms with Gasteiger partial charge in [0.15, 0.2) is 6.29 Å². The molecule has 238 valence electrons. The first-order valence-electron chi connectivity index (χ1n) is 14.9. The van der Waals surface area contributed by atoms with Crippen molar-refractivity contribution >= 4 is 0 Å². The van der Waals surface area contributed by atoms with Crippen LogP contribution in [0, 0.1) is 0 Å². The highest BCUT2D eigenvalue weighted by Gasteiger charge is 2.50. The summed E-state index contributed by atoms with van der Waals surface area (Å²) in [5.41, 5.74) is 3.59. The van der Waals surface area contributed by atoms with Crippen LogP contribution in [0.1, 0.15) is 22.3 Å². The maximum Gasteiger partial charge on any atom is 0.411 e. The predicted molar refractivity (Wildman–Crippen MR) is 162 cm³/mol. The molecule has 0 amide bonds. The minimum atomic E-state index is -4.58. The lowest BCUT2D eigenvalue weighted by Gasteiger charge is -2.46. The summed E-state index contributed by atoms with van der Waals surface area (Å²) in [6, 6.07) is 38.1. The van der Waals surface area contributed by atoms with E-state index in [1.54, 1.807) is 0 Å². The molecular formula is C36H37F3O6. The van der Waals surface area contributed by atoms with Crippen LogP contribution in [-0.4, -0.2) is 50.1 Å². The topological polar surface area (TPSA) is 55.4 Å². The molecule has 9 heteroatoms. The summed E-state index contributed by atoms with van der Waals surface area (Å²) in [4.78, 5) is 0. The number of halogens is 3. The Labute approximate surface area is 261 Å². The smallest absolute Gasteiger partial charge is 0.374 e. The van der Waals surface area contributed by atoms with E-state index in [1.165, 1.54) is 0 Å². The van der Waals surface area contributed by atoms with Gasteiger partial charge < -0.3 is 28.4 Å². The summed E-state index contributed by atoms with van der Waals surface area (Å²) in [5.74, 6) is 0. The molecule has 0 aliphatic carbocycles. The lowest BCUT2D eigenvalue weighted by Crippen LogP contribution is -2.62. The fourth-order valence-corrected chi connectivity index (χ4v) is 5.06. The molecule has 5 atom stereocenters. The normalized spacial score (nSPS) is 21.9. The molecule has 0 unspecified atom stereocenters. The summed E-state index contributed by atoms with van der Waals surface area (Å²) >= 11 is 0. The molecular weight excluding hydrogens is 585 g/mol. The molecule has 0 N–H and O–H groups in total. The van der Waals surface area contributed by atoms with Crippen molar-refractivity contribution in [3.63, 3.8) is 0 Å². The predicted octanol–water partition coefficient (Wildman–Crippen LogP) is 7.26. The standard InChI is InChI=1S/C36H37F3O6/c37-36(38,39)26-44-35-34(43-24-30-19-11-4-12-20-30)33(42-23-29-17-9-3-10-18-29)32(41-22-28-15-7-2-8-16-28)31(45-35)25-40-21-27-13-5-1-6-14-27/h1-20,31-35H,21-26H2/t31-,32-,33+,34-,35+/m1/s1. The van der Waals surface area contributed by atoms with Crippen molar-refractivity contribution < 1.29 is 41.6 Å². The van der Waals surface area contributed by atoms with Gasteiger partial charge >= 0.3 is 6.18 Å². The molecule has 0 aromatic heterocycles. The molecule has 0 radical (unpaired) electrons. The number of ether oxygens (including phenoxy) is 6. The molecule has 1 aliphatic rings. The second kappa shape index (κ2) is 16.7. The van der Waals surface area contributed by atoms with Crippen LogP contribution in [0.2, 0.25) is 0 Å². The van der Waals surface area contributed by atoms with Crippen molar-refractivity contribution in [1.29, 1.82) is 0 Å². The van der Waals surface area contributed by atoms with Crippen LogP contribution in [0.3, 0.4) is 0 Å². The summed E-state index contributed by atoms with van der Waals surface area (Å²) < 4.78 is 77.2. The lowest BCUT2D eigenvalue weighted by atomic mass is 9.97. The van der Waals surface area contributed by atoms with Gasteiger partial charge in [-0.1, -0.05) is 121 Å². The molecule has 0 bridgehead atoms. The molecule has 0 spiro atoms. The Hall–Kier alpha value is -3.57. The highest BCUT2D eigenvalue weighted by molar-refractivity contribution is 5.16. The van der Waals surface area contributed by atoms with Crippen LogP contribution in [-0.2, 0) is 54.8 Å². The molecule has 4 aromatic carbocycles. The molecule has 1 saturated heterocycles. The Kier molecular flexibility index (Phi) is 12.1. The molecule has 1 heterocycles. The van der Waals surface area contributed by atoms with Crippen LogP contribution >= 0.6 is 0 Å². The van der Waals surface area contributed by atoms with Crippen LogP contribution in [0.5, 0.6) is 0 Å². The highest BCUT2D eigenvalue weighted by atomic mass is 19.4. The second-order valence-electron chi connectivity index (χ2n) is 10.8. The van der Waals surface area contributed by atoms with Gasteiger partial charge in [-0.15, -0.1) is 0 Å². The Morgan fingerprint density at radius 1 is 0.489 bits per heavy atom. The summed E-state index contributed by atoms with van der Waals surface area (Å²) in [6.07, 6.45) is -9.49. The summed E-state index contributed by atoms with van der Waals surface area (Å²) in [7, 11) is 0. The number of alkyl halides is 3. The van der Waals surface area contributed by atoms with Crippen LogP contribution in [0.25, 0.3) is 0 Å². The lowest BCUT2D eigenvalue weighted by molar-refractivity contribution is -0.341. The van der Waals surface area contributed by atoms with Gasteiger partial charge in [-0.3, -0.25) is 0 Å². The van der Waals surface area contributed by atoms with Crippen LogP contribution in [0.4, 0.5) is 13.2 Å². The number of benzene rings is 4. The number of rotatable bonds is 15. The van der Waals surface area contributed by atoms with Gasteiger partial charge in [-0.05, 0) is 22.3 Å². The maximum atomic E-state index is 13.4. The Morgan fingerprint density at radius 3 is 1.33 bits per heavy atom. The van der Waals surface area contributed by atoms with E-state index in [9.17, 15) is 13.2 Å². The molecule has 4 aromatic rings. The Bertz CT molecular complexity index is 1380. The van der Waals surface area contributed by atoms with Crippen molar-refractivity contribution in [3.05, 3.63) is 144 Å². The second-order valence-corrected chi connectivity index (χ2v) is 10.8. The van der Waals surface area contributed by atoms with E-state index in [0.29, 0.717) is 0 Å². The van der Waals surface area contributed by atoms with Gasteiger partial charge in [-0.25, -0.2) is 0 Å². The fourth-order valence-electron chi connectivity index (χ4n) is 5.06. The van der Waals surface area contributed by atoms with Crippen molar-refractivity contribution in [2.24, 2.45) is 0 Å². The molecule has 1 aliphatic heterocycles. The average Bonchev–Trinajstić information content (AvgIpc) is 3.06. The third-order valence-electron chi connectivity index (χ3n) is 7.25. The summed E-state index contributed by atoms with van der Waals surface area (Å²) in [6.45, 7) is -0.714. The van der Waals surface area contributed by atoms with E-state index < -0.39 is 43.5 Å². The first-order chi connectivity index (χ1) is 21.9. The molecule has 45 heavy (non-hydrogen) atoms. The minimum Gasteiger partial charge on any atom is -0.374 e. The largest absolute Gasteiger partial charge is 0.411 e. The van der Waals surface area contributed by atoms with Crippen molar-refractivity contribution in [2.75, 3.05) is 13.2 Å². The molecule has 0 saturated carbocycles. The molecule has 6 nitrogen and oxygen atoms in total. The van der Waals surface area contributed by atoms with E-state index in [0.717, 1.165) is 22.3 Å². The van der Waals surface area contributed by atoms with E-state index in [2.05, 4.69) is 0 Å². The third kappa shape index (κ3) is 10.5. The quantitative estimate of drug-likeness (QED) is 0.139. The maximum absolute atomic E-state index is 13.4. The first kappa shape index (κ1) is 32.8. The van der Waals surface area contributed by atoms with Gasteiger partial charge in [-0.2, -0.15) is 13.2 Å². The fraction of sp³-hybridized carbons (Fsp3) is 0.333. The molecule has 1 fully saturated rings. The minimum absolute atomic E-state index is 0.0246. The van der Waals surface area contributed by atoms with Crippen molar-refractivity contribution in [1.82, 2.24) is 0 Å². The van der Waals surface area contributed by atoms with Gasteiger partial charge in [0.1, 0.15) is 31.0 Å². The zero-order chi connectivity index (χ0) is 31.3. The summed E-state index contributed by atoms with van der Waals surface area (Å²) in [5, 5.41) is 0. The zero-order valence-corrected chi connectivity index (χ0v) is 24.8. The van der Waals surface area contributed by atoms with Gasteiger partial charge in [0.25, 0.3) is 0 Å². The average molecular weight is 623 g/mol. The van der Waals surface area contributed by atoms with Crippen molar-refractivity contribution in [2.45, 2.75) is 63.3 Å². The number of hydrogen-bond acceptors (Lipinski definition) is 6. The van der Waals surface area contributed by atoms with Crippen molar-refractivity contribution in [3.8, 4) is 0 Å². The van der Waals surface area contributed by atoms with E-state index >= 15 is 0 Å². The third-order valence-corrected chi connectivity index (χ3v) is 7.25. The first-order valence-corrected chi connectivity index (χ1v) is 14.9. The van der Waals surface area contributed by atoms with Gasteiger partial charge in [0, 0.05) is 0 Å². The SMILES string of the molecule is FC(F)(F)CO[C@H]1O[C@H](COCc2ccccc2)[C@@H](OCc2ccccc2)[C@H](OCc2ccccc2)[C@H]1OCc1ccccc1. The van der Waals surface area contributed by atoms with Gasteiger partial charge in [0.2, 0.25) is 0 Å². The van der Waals surface area contributed by atoms with E-state index in [-0.39, 0.29) is 33.0 Å². The van der Waals surface area contributed by atoms with Crippen LogP contribution < -0.4 is 0 Å². The Morgan fingerprint density at radius 2 is 0.889 bits per heavy atom. The monoisotopic (exact) mass is 622 g/mol. The zero-order valence-electron chi connectivity index (χ0n) is 24.8. The van der Waals surface area contributed by atoms with E-state index in [1.807, 2.05) is 121 Å². The van der Waals surface area contributed by atoms with Gasteiger partial charge in [0.05, 0.1) is 33.0 Å². The molecule has 5 rings (SSSR count).